The predicted molar refractivity (Wildman–Crippen MR) is 92.7 cm³/mol. The molecule has 3 aromatic rings. The smallest absolute Gasteiger partial charge is 0.0345 e. The minimum absolute atomic E-state index is 0.392. The highest BCUT2D eigenvalue weighted by Gasteiger charge is 2.09. The first-order valence-corrected chi connectivity index (χ1v) is 8.08. The Bertz CT molecular complexity index is 694. The molecule has 1 unspecified atom stereocenters. The van der Waals surface area contributed by atoms with Crippen LogP contribution in [-0.4, -0.2) is 0 Å². The van der Waals surface area contributed by atoms with Crippen molar-refractivity contribution in [3.05, 3.63) is 100 Å². The fraction of sp³-hybridized carbons (Fsp3) is 0.100. The second kappa shape index (κ2) is 6.55. The van der Waals surface area contributed by atoms with E-state index >= 15 is 0 Å². The summed E-state index contributed by atoms with van der Waals surface area (Å²) in [5.74, 6) is 0.392. The molecule has 2 aromatic carbocycles. The minimum Gasteiger partial charge on any atom is -0.144 e. The summed E-state index contributed by atoms with van der Waals surface area (Å²) in [6.07, 6.45) is 2.37. The highest BCUT2D eigenvalue weighted by molar-refractivity contribution is 7.11. The first-order valence-electron chi connectivity index (χ1n) is 7.20. The van der Waals surface area contributed by atoms with E-state index in [9.17, 15) is 0 Å². The van der Waals surface area contributed by atoms with Gasteiger partial charge in [-0.05, 0) is 34.1 Å². The lowest BCUT2D eigenvalue weighted by Crippen LogP contribution is -1.92. The van der Waals surface area contributed by atoms with E-state index in [4.69, 9.17) is 0 Å². The average Bonchev–Trinajstić information content (AvgIpc) is 3.08. The molecule has 0 amide bonds. The lowest BCUT2D eigenvalue weighted by Gasteiger charge is -2.11. The molecule has 0 spiro atoms. The van der Waals surface area contributed by atoms with Gasteiger partial charge in [-0.15, -0.1) is 11.3 Å². The molecule has 0 N–H and O–H groups in total. The maximum atomic E-state index is 2.37. The third-order valence-electron chi connectivity index (χ3n) is 3.61. The van der Waals surface area contributed by atoms with Crippen molar-refractivity contribution in [2.75, 3.05) is 0 Å². The van der Waals surface area contributed by atoms with Crippen molar-refractivity contribution in [3.8, 4) is 0 Å². The quantitative estimate of drug-likeness (QED) is 0.554. The van der Waals surface area contributed by atoms with Crippen LogP contribution in [0.2, 0.25) is 0 Å². The van der Waals surface area contributed by atoms with Gasteiger partial charge < -0.3 is 0 Å². The molecule has 1 heteroatoms. The molecular formula is C20H18S. The van der Waals surface area contributed by atoms with Crippen LogP contribution >= 0.6 is 11.3 Å². The third-order valence-corrected chi connectivity index (χ3v) is 4.52. The lowest BCUT2D eigenvalue weighted by atomic mass is 9.95. The van der Waals surface area contributed by atoms with Crippen molar-refractivity contribution in [3.63, 3.8) is 0 Å². The van der Waals surface area contributed by atoms with Crippen LogP contribution in [0.5, 0.6) is 0 Å². The van der Waals surface area contributed by atoms with Crippen LogP contribution in [0.25, 0.3) is 5.57 Å². The van der Waals surface area contributed by atoms with Crippen molar-refractivity contribution in [1.82, 2.24) is 0 Å². The van der Waals surface area contributed by atoms with Gasteiger partial charge in [-0.1, -0.05) is 79.7 Å². The van der Waals surface area contributed by atoms with Crippen molar-refractivity contribution < 1.29 is 0 Å². The van der Waals surface area contributed by atoms with Gasteiger partial charge in [-0.2, -0.15) is 0 Å². The molecule has 0 saturated carbocycles. The van der Waals surface area contributed by atoms with E-state index < -0.39 is 0 Å². The van der Waals surface area contributed by atoms with Gasteiger partial charge in [0.25, 0.3) is 0 Å². The molecule has 1 heterocycles. The Morgan fingerprint density at radius 1 is 0.857 bits per heavy atom. The van der Waals surface area contributed by atoms with E-state index in [1.54, 1.807) is 11.3 Å². The standard InChI is InChI=1S/C20H18S/c1-16(17-9-4-2-5-10-17)15-19(20-13-8-14-21-20)18-11-6-3-7-12-18/h2-16H,1H3/b19-15-. The molecule has 21 heavy (non-hydrogen) atoms. The summed E-state index contributed by atoms with van der Waals surface area (Å²) in [5.41, 5.74) is 3.95. The molecule has 0 nitrogen and oxygen atoms in total. The summed E-state index contributed by atoms with van der Waals surface area (Å²) in [5, 5.41) is 2.14. The van der Waals surface area contributed by atoms with E-state index in [-0.39, 0.29) is 0 Å². The van der Waals surface area contributed by atoms with Crippen molar-refractivity contribution in [2.24, 2.45) is 0 Å². The molecule has 1 atom stereocenters. The van der Waals surface area contributed by atoms with Crippen LogP contribution in [0.3, 0.4) is 0 Å². The van der Waals surface area contributed by atoms with Gasteiger partial charge in [0.05, 0.1) is 0 Å². The van der Waals surface area contributed by atoms with Crippen LogP contribution in [0.4, 0.5) is 0 Å². The van der Waals surface area contributed by atoms with Crippen LogP contribution < -0.4 is 0 Å². The van der Waals surface area contributed by atoms with Crippen LogP contribution in [0, 0.1) is 0 Å². The Balaban J connectivity index is 2.02. The zero-order chi connectivity index (χ0) is 14.5. The number of rotatable bonds is 4. The first-order chi connectivity index (χ1) is 10.3. The van der Waals surface area contributed by atoms with Gasteiger partial charge >= 0.3 is 0 Å². The summed E-state index contributed by atoms with van der Waals surface area (Å²) >= 11 is 1.79. The van der Waals surface area contributed by atoms with Crippen molar-refractivity contribution >= 4 is 16.9 Å². The van der Waals surface area contributed by atoms with Crippen molar-refractivity contribution in [1.29, 1.82) is 0 Å². The SMILES string of the molecule is CC(/C=C(/c1ccccc1)c1cccs1)c1ccccc1. The van der Waals surface area contributed by atoms with Gasteiger partial charge in [0.2, 0.25) is 0 Å². The Morgan fingerprint density at radius 3 is 2.14 bits per heavy atom. The number of hydrogen-bond donors (Lipinski definition) is 0. The van der Waals surface area contributed by atoms with Gasteiger partial charge in [0.15, 0.2) is 0 Å². The zero-order valence-corrected chi connectivity index (χ0v) is 12.9. The molecule has 0 bridgehead atoms. The highest BCUT2D eigenvalue weighted by Crippen LogP contribution is 2.30. The molecular weight excluding hydrogens is 272 g/mol. The van der Waals surface area contributed by atoms with Gasteiger partial charge in [-0.25, -0.2) is 0 Å². The Hall–Kier alpha value is -2.12. The molecule has 104 valence electrons. The second-order valence-electron chi connectivity index (χ2n) is 5.12. The van der Waals surface area contributed by atoms with Crippen molar-refractivity contribution in [2.45, 2.75) is 12.8 Å². The molecule has 3 rings (SSSR count). The van der Waals surface area contributed by atoms with E-state index in [0.717, 1.165) is 0 Å². The molecule has 1 aromatic heterocycles. The lowest BCUT2D eigenvalue weighted by molar-refractivity contribution is 0.970. The maximum absolute atomic E-state index is 2.37. The fourth-order valence-corrected chi connectivity index (χ4v) is 3.25. The topological polar surface area (TPSA) is 0 Å². The molecule has 0 aliphatic rings. The van der Waals surface area contributed by atoms with Crippen LogP contribution in [0.15, 0.2) is 84.3 Å². The largest absolute Gasteiger partial charge is 0.144 e. The van der Waals surface area contributed by atoms with E-state index in [1.807, 2.05) is 0 Å². The molecule has 0 fully saturated rings. The Labute approximate surface area is 130 Å². The van der Waals surface area contributed by atoms with Crippen LogP contribution in [-0.2, 0) is 0 Å². The summed E-state index contributed by atoms with van der Waals surface area (Å²) in [7, 11) is 0. The Kier molecular flexibility index (Phi) is 4.32. The summed E-state index contributed by atoms with van der Waals surface area (Å²) in [6, 6.07) is 25.6. The second-order valence-corrected chi connectivity index (χ2v) is 6.07. The highest BCUT2D eigenvalue weighted by atomic mass is 32.1. The number of hydrogen-bond acceptors (Lipinski definition) is 1. The van der Waals surface area contributed by atoms with Gasteiger partial charge in [0.1, 0.15) is 0 Å². The Morgan fingerprint density at radius 2 is 1.52 bits per heavy atom. The van der Waals surface area contributed by atoms with Gasteiger partial charge in [0, 0.05) is 4.88 Å². The normalized spacial score (nSPS) is 13.1. The van der Waals surface area contributed by atoms with E-state index in [2.05, 4.69) is 91.2 Å². The monoisotopic (exact) mass is 290 g/mol. The molecule has 0 aliphatic carbocycles. The summed E-state index contributed by atoms with van der Waals surface area (Å²) in [4.78, 5) is 1.32. The molecule has 0 saturated heterocycles. The summed E-state index contributed by atoms with van der Waals surface area (Å²) < 4.78 is 0. The average molecular weight is 290 g/mol. The van der Waals surface area contributed by atoms with Crippen LogP contribution in [0.1, 0.15) is 28.8 Å². The number of thiophene rings is 1. The molecule has 0 radical (unpaired) electrons. The fourth-order valence-electron chi connectivity index (χ4n) is 2.47. The number of benzene rings is 2. The summed E-state index contributed by atoms with van der Waals surface area (Å²) in [6.45, 7) is 2.26. The van der Waals surface area contributed by atoms with E-state index in [0.29, 0.717) is 5.92 Å². The first kappa shape index (κ1) is 13.8. The van der Waals surface area contributed by atoms with E-state index in [1.165, 1.54) is 21.6 Å². The minimum atomic E-state index is 0.392. The number of allylic oxidation sites excluding steroid dienone is 1. The van der Waals surface area contributed by atoms with Gasteiger partial charge in [-0.3, -0.25) is 0 Å². The third kappa shape index (κ3) is 3.32. The molecule has 0 aliphatic heterocycles. The maximum Gasteiger partial charge on any atom is 0.0345 e. The zero-order valence-electron chi connectivity index (χ0n) is 12.1. The predicted octanol–water partition coefficient (Wildman–Crippen LogP) is 5.98.